The van der Waals surface area contributed by atoms with E-state index in [1.54, 1.807) is 24.3 Å². The number of hydrogen-bond donors (Lipinski definition) is 0. The van der Waals surface area contributed by atoms with Gasteiger partial charge in [-0.1, -0.05) is 58.0 Å². The molecule has 4 nitrogen and oxygen atoms in total. The predicted octanol–water partition coefficient (Wildman–Crippen LogP) is 7.67. The van der Waals surface area contributed by atoms with Gasteiger partial charge in [0.1, 0.15) is 21.2 Å². The third kappa shape index (κ3) is 4.09. The first-order chi connectivity index (χ1) is 14.3. The van der Waals surface area contributed by atoms with Gasteiger partial charge in [0.15, 0.2) is 5.82 Å². The van der Waals surface area contributed by atoms with Crippen LogP contribution < -0.4 is 0 Å². The van der Waals surface area contributed by atoms with Crippen molar-refractivity contribution in [2.75, 3.05) is 0 Å². The second-order valence-corrected chi connectivity index (χ2v) is 7.88. The molecule has 10 heteroatoms. The van der Waals surface area contributed by atoms with Gasteiger partial charge in [0.05, 0.1) is 27.1 Å². The predicted molar refractivity (Wildman–Crippen MR) is 119 cm³/mol. The Morgan fingerprint density at radius 1 is 0.633 bits per heavy atom. The first-order valence-electron chi connectivity index (χ1n) is 8.31. The van der Waals surface area contributed by atoms with Gasteiger partial charge in [0, 0.05) is 17.3 Å². The highest BCUT2D eigenvalue weighted by molar-refractivity contribution is 6.41. The van der Waals surface area contributed by atoms with E-state index < -0.39 is 5.82 Å². The molecule has 0 saturated carbocycles. The highest BCUT2D eigenvalue weighted by Gasteiger charge is 2.20. The van der Waals surface area contributed by atoms with E-state index in [0.29, 0.717) is 22.5 Å². The van der Waals surface area contributed by atoms with E-state index in [-0.39, 0.29) is 36.9 Å². The molecular weight excluding hydrogens is 493 g/mol. The number of pyridine rings is 4. The molecule has 0 radical (unpaired) electrons. The minimum atomic E-state index is -0.639. The fourth-order valence-corrected chi connectivity index (χ4v) is 3.49. The summed E-state index contributed by atoms with van der Waals surface area (Å²) < 4.78 is 15.1. The van der Waals surface area contributed by atoms with Gasteiger partial charge in [-0.25, -0.2) is 24.3 Å². The van der Waals surface area contributed by atoms with E-state index in [4.69, 9.17) is 58.0 Å². The summed E-state index contributed by atoms with van der Waals surface area (Å²) in [6.45, 7) is 0. The first-order valence-corrected chi connectivity index (χ1v) is 10.2. The SMILES string of the molecule is Fc1cc(-c2cccnc2Cl)c(-c2ccc(Cl)c(Cl)n2)nc1-c1ccc(Cl)c(Cl)n1. The van der Waals surface area contributed by atoms with Crippen LogP contribution in [0.1, 0.15) is 0 Å². The minimum Gasteiger partial charge on any atom is -0.244 e. The summed E-state index contributed by atoms with van der Waals surface area (Å²) in [5, 5.41) is 0.808. The summed E-state index contributed by atoms with van der Waals surface area (Å²) in [5.74, 6) is -0.639. The fraction of sp³-hybridized carbons (Fsp3) is 0. The zero-order valence-corrected chi connectivity index (χ0v) is 18.5. The lowest BCUT2D eigenvalue weighted by Crippen LogP contribution is -2.00. The zero-order chi connectivity index (χ0) is 21.4. The molecule has 0 bridgehead atoms. The van der Waals surface area contributed by atoms with E-state index in [1.807, 2.05) is 0 Å². The summed E-state index contributed by atoms with van der Waals surface area (Å²) in [6, 6.07) is 10.9. The monoisotopic (exact) mass is 498 g/mol. The summed E-state index contributed by atoms with van der Waals surface area (Å²) in [7, 11) is 0. The molecule has 0 spiro atoms. The van der Waals surface area contributed by atoms with Gasteiger partial charge in [-0.2, -0.15) is 0 Å². The van der Waals surface area contributed by atoms with Gasteiger partial charge in [-0.05, 0) is 42.5 Å². The summed E-state index contributed by atoms with van der Waals surface area (Å²) >= 11 is 30.3. The van der Waals surface area contributed by atoms with E-state index in [1.165, 1.54) is 24.4 Å². The lowest BCUT2D eigenvalue weighted by Gasteiger charge is -2.13. The molecule has 4 rings (SSSR count). The minimum absolute atomic E-state index is 0.0314. The standard InChI is InChI=1S/C20H8Cl5FN4/c21-11-3-5-14(28-19(11)24)16-10(9-2-1-7-27-18(9)23)8-13(26)17(30-16)15-6-4-12(22)20(25)29-15/h1-8H. The van der Waals surface area contributed by atoms with Crippen LogP contribution in [0.15, 0.2) is 48.7 Å². The Kier molecular flexibility index (Phi) is 6.09. The van der Waals surface area contributed by atoms with Crippen LogP contribution in [-0.2, 0) is 0 Å². The van der Waals surface area contributed by atoms with Gasteiger partial charge in [0.2, 0.25) is 0 Å². The fourth-order valence-electron chi connectivity index (χ4n) is 2.75. The number of halogens is 6. The van der Waals surface area contributed by atoms with Gasteiger partial charge >= 0.3 is 0 Å². The Hall–Kier alpha value is -2.02. The molecule has 0 saturated heterocycles. The maximum absolute atomic E-state index is 15.1. The molecule has 150 valence electrons. The van der Waals surface area contributed by atoms with Crippen molar-refractivity contribution in [3.63, 3.8) is 0 Å². The van der Waals surface area contributed by atoms with Crippen LogP contribution in [0, 0.1) is 5.82 Å². The summed E-state index contributed by atoms with van der Waals surface area (Å²) in [5.41, 5.74) is 1.68. The number of aromatic nitrogens is 4. The first kappa shape index (κ1) is 21.2. The molecule has 4 aromatic rings. The van der Waals surface area contributed by atoms with Crippen molar-refractivity contribution in [1.29, 1.82) is 0 Å². The summed E-state index contributed by atoms with van der Waals surface area (Å²) in [6.07, 6.45) is 1.53. The molecule has 0 amide bonds. The van der Waals surface area contributed by atoms with Crippen molar-refractivity contribution in [2.45, 2.75) is 0 Å². The molecule has 0 unspecified atom stereocenters. The number of rotatable bonds is 3. The van der Waals surface area contributed by atoms with Crippen LogP contribution in [-0.4, -0.2) is 19.9 Å². The van der Waals surface area contributed by atoms with Crippen molar-refractivity contribution in [3.8, 4) is 33.9 Å². The van der Waals surface area contributed by atoms with Crippen LogP contribution in [0.4, 0.5) is 4.39 Å². The van der Waals surface area contributed by atoms with Crippen molar-refractivity contribution in [2.24, 2.45) is 0 Å². The molecule has 0 aliphatic heterocycles. The summed E-state index contributed by atoms with van der Waals surface area (Å²) in [4.78, 5) is 16.9. The maximum Gasteiger partial charge on any atom is 0.151 e. The zero-order valence-electron chi connectivity index (χ0n) is 14.7. The normalized spacial score (nSPS) is 11.0. The Balaban J connectivity index is 2.01. The van der Waals surface area contributed by atoms with Gasteiger partial charge < -0.3 is 0 Å². The van der Waals surface area contributed by atoms with Crippen molar-refractivity contribution < 1.29 is 4.39 Å². The second-order valence-electron chi connectivity index (χ2n) is 5.99. The largest absolute Gasteiger partial charge is 0.244 e. The molecule has 4 heterocycles. The van der Waals surface area contributed by atoms with Crippen LogP contribution in [0.3, 0.4) is 0 Å². The topological polar surface area (TPSA) is 51.6 Å². The Bertz CT molecular complexity index is 1280. The third-order valence-electron chi connectivity index (χ3n) is 4.12. The molecule has 0 N–H and O–H groups in total. The number of hydrogen-bond acceptors (Lipinski definition) is 4. The molecule has 4 aromatic heterocycles. The van der Waals surface area contributed by atoms with Crippen LogP contribution in [0.5, 0.6) is 0 Å². The van der Waals surface area contributed by atoms with E-state index in [0.717, 1.165) is 0 Å². The van der Waals surface area contributed by atoms with Gasteiger partial charge in [-0.15, -0.1) is 0 Å². The molecule has 0 fully saturated rings. The molecular formula is C20H8Cl5FN4. The average Bonchev–Trinajstić information content (AvgIpc) is 2.72. The van der Waals surface area contributed by atoms with Gasteiger partial charge in [-0.3, -0.25) is 0 Å². The lowest BCUT2D eigenvalue weighted by atomic mass is 10.0. The van der Waals surface area contributed by atoms with E-state index in [2.05, 4.69) is 19.9 Å². The Morgan fingerprint density at radius 2 is 1.23 bits per heavy atom. The molecule has 0 aliphatic rings. The average molecular weight is 501 g/mol. The molecule has 0 aromatic carbocycles. The number of nitrogens with zero attached hydrogens (tertiary/aromatic N) is 4. The van der Waals surface area contributed by atoms with Gasteiger partial charge in [0.25, 0.3) is 0 Å². The quantitative estimate of drug-likeness (QED) is 0.271. The smallest absolute Gasteiger partial charge is 0.151 e. The van der Waals surface area contributed by atoms with E-state index in [9.17, 15) is 0 Å². The highest BCUT2D eigenvalue weighted by atomic mass is 35.5. The Morgan fingerprint density at radius 3 is 1.80 bits per heavy atom. The maximum atomic E-state index is 15.1. The molecule has 0 aliphatic carbocycles. The highest BCUT2D eigenvalue weighted by Crippen LogP contribution is 2.37. The van der Waals surface area contributed by atoms with Crippen LogP contribution >= 0.6 is 58.0 Å². The van der Waals surface area contributed by atoms with Crippen LogP contribution in [0.25, 0.3) is 33.9 Å². The van der Waals surface area contributed by atoms with Crippen molar-refractivity contribution in [1.82, 2.24) is 19.9 Å². The Labute approximate surface area is 195 Å². The van der Waals surface area contributed by atoms with Crippen LogP contribution in [0.2, 0.25) is 25.5 Å². The lowest BCUT2D eigenvalue weighted by molar-refractivity contribution is 0.626. The van der Waals surface area contributed by atoms with Crippen molar-refractivity contribution >= 4 is 58.0 Å². The molecule has 0 atom stereocenters. The van der Waals surface area contributed by atoms with E-state index >= 15 is 4.39 Å². The van der Waals surface area contributed by atoms with Crippen molar-refractivity contribution in [3.05, 3.63) is 80.0 Å². The molecule has 30 heavy (non-hydrogen) atoms. The second kappa shape index (κ2) is 8.61. The third-order valence-corrected chi connectivity index (χ3v) is 5.80.